The van der Waals surface area contributed by atoms with Crippen molar-refractivity contribution in [3.8, 4) is 23.3 Å². The molecule has 0 N–H and O–H groups in total. The van der Waals surface area contributed by atoms with Gasteiger partial charge in [0.1, 0.15) is 8.07 Å². The normalized spacial score (nSPS) is 11.0. The van der Waals surface area contributed by atoms with Gasteiger partial charge in [0.15, 0.2) is 0 Å². The van der Waals surface area contributed by atoms with Crippen LogP contribution in [0.1, 0.15) is 57.5 Å². The maximum absolute atomic E-state index is 12.2. The molecule has 0 fully saturated rings. The zero-order valence-corrected chi connectivity index (χ0v) is 16.4. The SMILES string of the molecule is Cc1ccccc1C(=O)C#CC#C[Si](C(C)C)(C(C)C)C(C)C. The topological polar surface area (TPSA) is 17.1 Å². The third-order valence-corrected chi connectivity index (χ3v) is 11.1. The third-order valence-electron chi connectivity index (χ3n) is 4.77. The Morgan fingerprint density at radius 2 is 1.43 bits per heavy atom. The Kier molecular flexibility index (Phi) is 6.86. The molecule has 0 unspecified atom stereocenters. The van der Waals surface area contributed by atoms with E-state index in [9.17, 15) is 4.79 Å². The molecule has 0 bridgehead atoms. The Morgan fingerprint density at radius 3 is 1.91 bits per heavy atom. The number of hydrogen-bond donors (Lipinski definition) is 0. The Labute approximate surface area is 142 Å². The van der Waals surface area contributed by atoms with Gasteiger partial charge < -0.3 is 0 Å². The molecule has 122 valence electrons. The largest absolute Gasteiger partial charge is 0.279 e. The monoisotopic (exact) mass is 324 g/mol. The molecule has 0 atom stereocenters. The van der Waals surface area contributed by atoms with Crippen LogP contribution >= 0.6 is 0 Å². The first-order chi connectivity index (χ1) is 10.7. The van der Waals surface area contributed by atoms with Gasteiger partial charge in [-0.05, 0) is 46.9 Å². The lowest BCUT2D eigenvalue weighted by molar-refractivity contribution is 0.105. The molecule has 0 aliphatic carbocycles. The van der Waals surface area contributed by atoms with E-state index in [1.807, 2.05) is 31.2 Å². The van der Waals surface area contributed by atoms with Crippen molar-refractivity contribution in [2.24, 2.45) is 0 Å². The molecular weight excluding hydrogens is 296 g/mol. The van der Waals surface area contributed by atoms with Crippen molar-refractivity contribution in [1.29, 1.82) is 0 Å². The van der Waals surface area contributed by atoms with E-state index in [0.29, 0.717) is 22.2 Å². The van der Waals surface area contributed by atoms with Crippen LogP contribution in [-0.4, -0.2) is 13.9 Å². The van der Waals surface area contributed by atoms with Crippen molar-refractivity contribution in [1.82, 2.24) is 0 Å². The molecule has 0 spiro atoms. The number of rotatable bonds is 4. The number of carbonyl (C=O) groups is 1. The zero-order chi connectivity index (χ0) is 17.6. The molecule has 0 aliphatic heterocycles. The highest BCUT2D eigenvalue weighted by Gasteiger charge is 2.41. The molecule has 0 aromatic heterocycles. The maximum Gasteiger partial charge on any atom is 0.237 e. The average molecular weight is 325 g/mol. The van der Waals surface area contributed by atoms with Gasteiger partial charge in [-0.3, -0.25) is 4.79 Å². The van der Waals surface area contributed by atoms with E-state index in [-0.39, 0.29) is 5.78 Å². The van der Waals surface area contributed by atoms with Crippen LogP contribution in [0.3, 0.4) is 0 Å². The van der Waals surface area contributed by atoms with Gasteiger partial charge in [-0.2, -0.15) is 0 Å². The summed E-state index contributed by atoms with van der Waals surface area (Å²) in [5, 5.41) is 0. The van der Waals surface area contributed by atoms with Gasteiger partial charge in [-0.25, -0.2) is 0 Å². The third kappa shape index (κ3) is 4.37. The predicted molar refractivity (Wildman–Crippen MR) is 102 cm³/mol. The quantitative estimate of drug-likeness (QED) is 0.313. The van der Waals surface area contributed by atoms with Crippen molar-refractivity contribution < 1.29 is 4.79 Å². The van der Waals surface area contributed by atoms with E-state index in [2.05, 4.69) is 64.8 Å². The Bertz CT molecular complexity index is 653. The molecule has 0 heterocycles. The number of hydrogen-bond acceptors (Lipinski definition) is 1. The zero-order valence-electron chi connectivity index (χ0n) is 15.4. The fourth-order valence-electron chi connectivity index (χ4n) is 3.56. The summed E-state index contributed by atoms with van der Waals surface area (Å²) >= 11 is 0. The van der Waals surface area contributed by atoms with E-state index in [1.54, 1.807) is 0 Å². The molecule has 2 heteroatoms. The van der Waals surface area contributed by atoms with Crippen molar-refractivity contribution in [2.45, 2.75) is 65.1 Å². The van der Waals surface area contributed by atoms with Crippen LogP contribution in [0.2, 0.25) is 16.6 Å². The highest BCUT2D eigenvalue weighted by molar-refractivity contribution is 6.90. The molecule has 1 rings (SSSR count). The molecule has 0 amide bonds. The van der Waals surface area contributed by atoms with Crippen LogP contribution in [0.5, 0.6) is 0 Å². The smallest absolute Gasteiger partial charge is 0.237 e. The van der Waals surface area contributed by atoms with Gasteiger partial charge in [-0.15, -0.1) is 5.54 Å². The molecule has 23 heavy (non-hydrogen) atoms. The Morgan fingerprint density at radius 1 is 0.913 bits per heavy atom. The van der Waals surface area contributed by atoms with Gasteiger partial charge in [0, 0.05) is 5.56 Å². The van der Waals surface area contributed by atoms with E-state index < -0.39 is 8.07 Å². The first kappa shape index (κ1) is 19.3. The van der Waals surface area contributed by atoms with Crippen LogP contribution in [0.25, 0.3) is 0 Å². The van der Waals surface area contributed by atoms with Crippen LogP contribution in [0.4, 0.5) is 0 Å². The van der Waals surface area contributed by atoms with Crippen LogP contribution < -0.4 is 0 Å². The fourth-order valence-corrected chi connectivity index (χ4v) is 8.70. The maximum atomic E-state index is 12.2. The summed E-state index contributed by atoms with van der Waals surface area (Å²) in [7, 11) is -1.76. The Hall–Kier alpha value is -1.77. The van der Waals surface area contributed by atoms with Gasteiger partial charge >= 0.3 is 0 Å². The van der Waals surface area contributed by atoms with Crippen molar-refractivity contribution >= 4 is 13.9 Å². The molecule has 0 radical (unpaired) electrons. The predicted octanol–water partition coefficient (Wildman–Crippen LogP) is 5.40. The minimum Gasteiger partial charge on any atom is -0.279 e. The van der Waals surface area contributed by atoms with Crippen LogP contribution in [-0.2, 0) is 0 Å². The molecular formula is C21H28OSi. The minimum atomic E-state index is -1.76. The lowest BCUT2D eigenvalue weighted by Crippen LogP contribution is -2.43. The first-order valence-corrected chi connectivity index (χ1v) is 10.6. The van der Waals surface area contributed by atoms with Crippen molar-refractivity contribution in [2.75, 3.05) is 0 Å². The number of Topliss-reactive ketones (excluding diaryl/α,β-unsaturated/α-hetero) is 1. The summed E-state index contributed by atoms with van der Waals surface area (Å²) in [6.07, 6.45) is 0. The lowest BCUT2D eigenvalue weighted by Gasteiger charge is -2.37. The average Bonchev–Trinajstić information content (AvgIpc) is 2.46. The van der Waals surface area contributed by atoms with Gasteiger partial charge in [-0.1, -0.05) is 65.8 Å². The van der Waals surface area contributed by atoms with E-state index in [1.165, 1.54) is 0 Å². The number of ketones is 1. The van der Waals surface area contributed by atoms with Crippen LogP contribution in [0.15, 0.2) is 24.3 Å². The van der Waals surface area contributed by atoms with Crippen molar-refractivity contribution in [3.05, 3.63) is 35.4 Å². The minimum absolute atomic E-state index is 0.150. The number of benzene rings is 1. The van der Waals surface area contributed by atoms with E-state index in [0.717, 1.165) is 5.56 Å². The molecule has 1 nitrogen and oxygen atoms in total. The lowest BCUT2D eigenvalue weighted by atomic mass is 10.1. The highest BCUT2D eigenvalue weighted by Crippen LogP contribution is 2.40. The summed E-state index contributed by atoms with van der Waals surface area (Å²) in [4.78, 5) is 12.2. The summed E-state index contributed by atoms with van der Waals surface area (Å²) in [6, 6.07) is 7.53. The highest BCUT2D eigenvalue weighted by atomic mass is 28.3. The summed E-state index contributed by atoms with van der Waals surface area (Å²) < 4.78 is 0. The van der Waals surface area contributed by atoms with Gasteiger partial charge in [0.25, 0.3) is 0 Å². The van der Waals surface area contributed by atoms with E-state index in [4.69, 9.17) is 0 Å². The van der Waals surface area contributed by atoms with Gasteiger partial charge in [0.2, 0.25) is 5.78 Å². The standard InChI is InChI=1S/C21H28OSi/c1-16(2)23(17(3)4,18(5)6)15-11-10-14-21(22)20-13-9-8-12-19(20)7/h8-9,12-13,16-18H,1-7H3. The van der Waals surface area contributed by atoms with E-state index >= 15 is 0 Å². The van der Waals surface area contributed by atoms with Gasteiger partial charge in [0.05, 0.1) is 0 Å². The Balaban J connectivity index is 3.09. The summed E-state index contributed by atoms with van der Waals surface area (Å²) in [6.45, 7) is 15.5. The molecule has 1 aromatic rings. The molecule has 0 aliphatic rings. The number of aryl methyl sites for hydroxylation is 1. The van der Waals surface area contributed by atoms with Crippen molar-refractivity contribution in [3.63, 3.8) is 0 Å². The van der Waals surface area contributed by atoms with Crippen LogP contribution in [0, 0.1) is 30.2 Å². The molecule has 0 saturated heterocycles. The first-order valence-electron chi connectivity index (χ1n) is 8.36. The second-order valence-corrected chi connectivity index (χ2v) is 12.6. The molecule has 1 aromatic carbocycles. The molecule has 0 saturated carbocycles. The summed E-state index contributed by atoms with van der Waals surface area (Å²) in [5.41, 5.74) is 6.86. The summed E-state index contributed by atoms with van der Waals surface area (Å²) in [5.74, 6) is 8.36. The number of carbonyl (C=O) groups excluding carboxylic acids is 1. The second kappa shape index (κ2) is 8.18. The fraction of sp³-hybridized carbons (Fsp3) is 0.476. The second-order valence-electron chi connectivity index (χ2n) is 7.04.